The molecule has 140 valence electrons. The Balaban J connectivity index is 1.58. The number of fused-ring (bicyclic) bond motifs is 1. The molecule has 1 N–H and O–H groups in total. The van der Waals surface area contributed by atoms with E-state index in [9.17, 15) is 4.79 Å². The Morgan fingerprint density at radius 3 is 2.54 bits per heavy atom. The molecule has 4 heteroatoms. The van der Waals surface area contributed by atoms with Crippen molar-refractivity contribution in [3.8, 4) is 11.3 Å². The summed E-state index contributed by atoms with van der Waals surface area (Å²) in [5.74, 6) is 0.0193. The summed E-state index contributed by atoms with van der Waals surface area (Å²) in [6.45, 7) is 2.09. The highest BCUT2D eigenvalue weighted by molar-refractivity contribution is 5.91. The second-order valence-electron chi connectivity index (χ2n) is 6.76. The molecule has 4 rings (SSSR count). The Morgan fingerprint density at radius 2 is 1.71 bits per heavy atom. The molecular formula is C24H23N3O. The molecule has 0 spiro atoms. The van der Waals surface area contributed by atoms with Crippen LogP contribution < -0.4 is 5.32 Å². The molecule has 0 saturated carbocycles. The molecule has 0 aliphatic heterocycles. The number of pyridine rings is 1. The zero-order valence-electron chi connectivity index (χ0n) is 15.9. The first-order valence-electron chi connectivity index (χ1n) is 9.65. The van der Waals surface area contributed by atoms with Crippen molar-refractivity contribution in [2.75, 3.05) is 5.32 Å². The Hall–Kier alpha value is -3.40. The number of amides is 1. The summed E-state index contributed by atoms with van der Waals surface area (Å²) in [6, 6.07) is 24.1. The van der Waals surface area contributed by atoms with E-state index in [0.717, 1.165) is 40.3 Å². The van der Waals surface area contributed by atoms with E-state index < -0.39 is 0 Å². The van der Waals surface area contributed by atoms with E-state index in [0.29, 0.717) is 12.8 Å². The van der Waals surface area contributed by atoms with E-state index in [2.05, 4.69) is 28.8 Å². The summed E-state index contributed by atoms with van der Waals surface area (Å²) in [7, 11) is 0. The van der Waals surface area contributed by atoms with Crippen LogP contribution in [0.4, 0.5) is 5.69 Å². The van der Waals surface area contributed by atoms with E-state index in [1.807, 2.05) is 66.9 Å². The van der Waals surface area contributed by atoms with Crippen LogP contribution in [0.1, 0.15) is 24.6 Å². The molecule has 0 fully saturated rings. The molecule has 0 bridgehead atoms. The van der Waals surface area contributed by atoms with Crippen molar-refractivity contribution in [3.05, 3.63) is 90.3 Å². The second kappa shape index (κ2) is 8.09. The van der Waals surface area contributed by atoms with Crippen LogP contribution in [0.25, 0.3) is 16.9 Å². The summed E-state index contributed by atoms with van der Waals surface area (Å²) in [5.41, 5.74) is 6.01. The van der Waals surface area contributed by atoms with Gasteiger partial charge >= 0.3 is 0 Å². The van der Waals surface area contributed by atoms with Gasteiger partial charge in [-0.25, -0.2) is 4.98 Å². The van der Waals surface area contributed by atoms with Crippen molar-refractivity contribution < 1.29 is 4.79 Å². The van der Waals surface area contributed by atoms with Crippen LogP contribution in [-0.4, -0.2) is 15.3 Å². The number of benzene rings is 2. The van der Waals surface area contributed by atoms with E-state index in [1.54, 1.807) is 0 Å². The first kappa shape index (κ1) is 18.0. The van der Waals surface area contributed by atoms with Gasteiger partial charge in [-0.1, -0.05) is 61.5 Å². The van der Waals surface area contributed by atoms with Gasteiger partial charge in [-0.3, -0.25) is 4.79 Å². The monoisotopic (exact) mass is 369 g/mol. The zero-order valence-corrected chi connectivity index (χ0v) is 15.9. The Bertz CT molecular complexity index is 1100. The van der Waals surface area contributed by atoms with Crippen LogP contribution in [0.2, 0.25) is 0 Å². The smallest absolute Gasteiger partial charge is 0.224 e. The lowest BCUT2D eigenvalue weighted by Gasteiger charge is -2.10. The van der Waals surface area contributed by atoms with Crippen molar-refractivity contribution >= 4 is 17.2 Å². The van der Waals surface area contributed by atoms with Gasteiger partial charge < -0.3 is 9.72 Å². The fraction of sp³-hybridized carbons (Fsp3) is 0.167. The van der Waals surface area contributed by atoms with Crippen molar-refractivity contribution in [2.24, 2.45) is 0 Å². The first-order valence-corrected chi connectivity index (χ1v) is 9.65. The molecule has 2 aromatic heterocycles. The van der Waals surface area contributed by atoms with Gasteiger partial charge in [0.05, 0.1) is 11.4 Å². The third-order valence-corrected chi connectivity index (χ3v) is 4.94. The van der Waals surface area contributed by atoms with E-state index in [-0.39, 0.29) is 5.91 Å². The van der Waals surface area contributed by atoms with Crippen LogP contribution in [0.15, 0.2) is 79.0 Å². The summed E-state index contributed by atoms with van der Waals surface area (Å²) >= 11 is 0. The molecule has 0 saturated heterocycles. The predicted molar refractivity (Wildman–Crippen MR) is 113 cm³/mol. The highest BCUT2D eigenvalue weighted by atomic mass is 16.1. The quantitative estimate of drug-likeness (QED) is 0.512. The molecule has 2 aromatic carbocycles. The van der Waals surface area contributed by atoms with Crippen LogP contribution in [0.3, 0.4) is 0 Å². The van der Waals surface area contributed by atoms with Gasteiger partial charge in [-0.2, -0.15) is 0 Å². The third kappa shape index (κ3) is 3.67. The molecule has 0 aliphatic carbocycles. The number of nitrogens with one attached hydrogen (secondary N) is 1. The maximum Gasteiger partial charge on any atom is 0.224 e. The lowest BCUT2D eigenvalue weighted by Crippen LogP contribution is -2.14. The number of para-hydroxylation sites is 1. The predicted octanol–water partition coefficient (Wildman–Crippen LogP) is 5.14. The minimum Gasteiger partial charge on any atom is -0.326 e. The Kier molecular flexibility index (Phi) is 5.20. The molecule has 1 amide bonds. The molecular weight excluding hydrogens is 346 g/mol. The summed E-state index contributed by atoms with van der Waals surface area (Å²) in [5, 5.41) is 3.06. The first-order chi connectivity index (χ1) is 13.8. The van der Waals surface area contributed by atoms with Gasteiger partial charge in [0.15, 0.2) is 0 Å². The molecule has 4 aromatic rings. The number of carbonyl (C=O) groups is 1. The van der Waals surface area contributed by atoms with Gasteiger partial charge in [0.25, 0.3) is 0 Å². The molecule has 2 heterocycles. The molecule has 0 unspecified atom stereocenters. The highest BCUT2D eigenvalue weighted by Gasteiger charge is 2.15. The maximum absolute atomic E-state index is 12.6. The number of hydrogen-bond acceptors (Lipinski definition) is 2. The van der Waals surface area contributed by atoms with E-state index >= 15 is 0 Å². The van der Waals surface area contributed by atoms with Crippen LogP contribution in [0.5, 0.6) is 0 Å². The normalized spacial score (nSPS) is 10.9. The van der Waals surface area contributed by atoms with Gasteiger partial charge in [0, 0.05) is 23.9 Å². The van der Waals surface area contributed by atoms with Crippen LogP contribution >= 0.6 is 0 Å². The van der Waals surface area contributed by atoms with Crippen LogP contribution in [0, 0.1) is 0 Å². The number of carbonyl (C=O) groups excluding carboxylic acids is 1. The minimum atomic E-state index is 0.0193. The molecule has 28 heavy (non-hydrogen) atoms. The fourth-order valence-corrected chi connectivity index (χ4v) is 3.51. The lowest BCUT2D eigenvalue weighted by molar-refractivity contribution is -0.116. The van der Waals surface area contributed by atoms with E-state index in [1.165, 1.54) is 0 Å². The average molecular weight is 369 g/mol. The summed E-state index contributed by atoms with van der Waals surface area (Å²) in [6.07, 6.45) is 3.92. The molecule has 0 radical (unpaired) electrons. The highest BCUT2D eigenvalue weighted by Crippen LogP contribution is 2.25. The topological polar surface area (TPSA) is 46.4 Å². The standard InChI is InChI=1S/C24H23N3O/c1-2-18-10-6-7-13-20(18)25-23(28)16-15-21-24(19-11-4-3-5-12-19)26-22-14-8-9-17-27(21)22/h3-14,17H,2,15-16H2,1H3,(H,25,28). The SMILES string of the molecule is CCc1ccccc1NC(=O)CCc1c(-c2ccccc2)nc2ccccn12. The minimum absolute atomic E-state index is 0.0193. The van der Waals surface area contributed by atoms with Crippen molar-refractivity contribution in [1.82, 2.24) is 9.38 Å². The average Bonchev–Trinajstić information content (AvgIpc) is 3.12. The number of hydrogen-bond donors (Lipinski definition) is 1. The third-order valence-electron chi connectivity index (χ3n) is 4.94. The van der Waals surface area contributed by atoms with Crippen molar-refractivity contribution in [3.63, 3.8) is 0 Å². The Labute approximate surface area is 164 Å². The largest absolute Gasteiger partial charge is 0.326 e. The number of nitrogens with zero attached hydrogens (tertiary/aromatic N) is 2. The van der Waals surface area contributed by atoms with Gasteiger partial charge in [0.1, 0.15) is 5.65 Å². The zero-order chi connectivity index (χ0) is 19.3. The number of aromatic nitrogens is 2. The maximum atomic E-state index is 12.6. The number of anilines is 1. The Morgan fingerprint density at radius 1 is 0.964 bits per heavy atom. The fourth-order valence-electron chi connectivity index (χ4n) is 3.51. The van der Waals surface area contributed by atoms with Gasteiger partial charge in [0.2, 0.25) is 5.91 Å². The number of imidazole rings is 1. The molecule has 0 aliphatic rings. The molecule has 4 nitrogen and oxygen atoms in total. The summed E-state index contributed by atoms with van der Waals surface area (Å²) in [4.78, 5) is 17.4. The van der Waals surface area contributed by atoms with Gasteiger partial charge in [-0.05, 0) is 36.6 Å². The van der Waals surface area contributed by atoms with Crippen LogP contribution in [-0.2, 0) is 17.6 Å². The van der Waals surface area contributed by atoms with Gasteiger partial charge in [-0.15, -0.1) is 0 Å². The number of rotatable bonds is 6. The lowest BCUT2D eigenvalue weighted by atomic mass is 10.1. The second-order valence-corrected chi connectivity index (χ2v) is 6.76. The van der Waals surface area contributed by atoms with Crippen molar-refractivity contribution in [1.29, 1.82) is 0 Å². The van der Waals surface area contributed by atoms with Crippen molar-refractivity contribution in [2.45, 2.75) is 26.2 Å². The molecule has 0 atom stereocenters. The summed E-state index contributed by atoms with van der Waals surface area (Å²) < 4.78 is 2.08. The number of aryl methyl sites for hydroxylation is 2. The van der Waals surface area contributed by atoms with E-state index in [4.69, 9.17) is 4.98 Å².